The average Bonchev–Trinajstić information content (AvgIpc) is 2.55. The van der Waals surface area contributed by atoms with E-state index in [1.165, 1.54) is 7.11 Å². The van der Waals surface area contributed by atoms with Gasteiger partial charge in [-0.05, 0) is 24.3 Å². The van der Waals surface area contributed by atoms with Gasteiger partial charge in [-0.25, -0.2) is 0 Å². The Morgan fingerprint density at radius 1 is 1.24 bits per heavy atom. The summed E-state index contributed by atoms with van der Waals surface area (Å²) in [6.45, 7) is 0. The first-order chi connectivity index (χ1) is 10.2. The first kappa shape index (κ1) is 14.4. The number of nitriles is 1. The van der Waals surface area contributed by atoms with Gasteiger partial charge in [0.05, 0.1) is 35.7 Å². The number of amides is 1. The number of nitrogens with zero attached hydrogens (tertiary/aromatic N) is 1. The number of hydrazine groups is 1. The van der Waals surface area contributed by atoms with Crippen molar-refractivity contribution in [1.82, 2.24) is 0 Å². The summed E-state index contributed by atoms with van der Waals surface area (Å²) in [6, 6.07) is 13.7. The van der Waals surface area contributed by atoms with Crippen molar-refractivity contribution in [2.24, 2.45) is 5.84 Å². The number of hydrogen-bond donors (Lipinski definition) is 3. The number of nitrogens with one attached hydrogen (secondary N) is 2. The largest absolute Gasteiger partial charge is 0.495 e. The Hall–Kier alpha value is -3.04. The van der Waals surface area contributed by atoms with Gasteiger partial charge in [-0.2, -0.15) is 5.26 Å². The Balaban J connectivity index is 2.30. The van der Waals surface area contributed by atoms with Gasteiger partial charge >= 0.3 is 0 Å². The Labute approximate surface area is 122 Å². The zero-order valence-corrected chi connectivity index (χ0v) is 11.4. The number of benzene rings is 2. The van der Waals surface area contributed by atoms with Crippen LogP contribution in [0.1, 0.15) is 15.9 Å². The van der Waals surface area contributed by atoms with Crippen LogP contribution in [-0.4, -0.2) is 13.0 Å². The Bertz CT molecular complexity index is 707. The molecular weight excluding hydrogens is 268 g/mol. The second-order valence-electron chi connectivity index (χ2n) is 4.17. The van der Waals surface area contributed by atoms with E-state index in [9.17, 15) is 4.79 Å². The lowest BCUT2D eigenvalue weighted by Gasteiger charge is -2.12. The zero-order valence-electron chi connectivity index (χ0n) is 11.4. The van der Waals surface area contributed by atoms with Crippen molar-refractivity contribution in [3.63, 3.8) is 0 Å². The molecule has 0 atom stereocenters. The molecule has 2 aromatic rings. The Morgan fingerprint density at radius 2 is 2.00 bits per heavy atom. The minimum absolute atomic E-state index is 0.327. The van der Waals surface area contributed by atoms with Gasteiger partial charge < -0.3 is 15.5 Å². The summed E-state index contributed by atoms with van der Waals surface area (Å²) in [5.74, 6) is 5.47. The van der Waals surface area contributed by atoms with Crippen LogP contribution in [0.4, 0.5) is 11.4 Å². The van der Waals surface area contributed by atoms with E-state index in [0.717, 1.165) is 0 Å². The quantitative estimate of drug-likeness (QED) is 0.589. The smallest absolute Gasteiger partial charge is 0.257 e. The number of hydrogen-bond acceptors (Lipinski definition) is 5. The van der Waals surface area contributed by atoms with Crippen LogP contribution in [0.5, 0.6) is 5.75 Å². The summed E-state index contributed by atoms with van der Waals surface area (Å²) in [4.78, 5) is 12.3. The number of methoxy groups -OCH3 is 1. The fourth-order valence-corrected chi connectivity index (χ4v) is 1.86. The van der Waals surface area contributed by atoms with Gasteiger partial charge in [-0.15, -0.1) is 0 Å². The molecular formula is C15H14N4O2. The third-order valence-electron chi connectivity index (χ3n) is 2.91. The number of anilines is 2. The van der Waals surface area contributed by atoms with Crippen LogP contribution in [0.25, 0.3) is 0 Å². The molecule has 2 aromatic carbocycles. The second-order valence-corrected chi connectivity index (χ2v) is 4.17. The maximum absolute atomic E-state index is 12.3. The minimum atomic E-state index is -0.327. The molecule has 0 heterocycles. The van der Waals surface area contributed by atoms with Crippen LogP contribution in [0.3, 0.4) is 0 Å². The van der Waals surface area contributed by atoms with E-state index < -0.39 is 0 Å². The lowest BCUT2D eigenvalue weighted by atomic mass is 10.1. The first-order valence-electron chi connectivity index (χ1n) is 6.14. The molecule has 6 heteroatoms. The fraction of sp³-hybridized carbons (Fsp3) is 0.0667. The molecule has 1 amide bonds. The van der Waals surface area contributed by atoms with Crippen LogP contribution in [0.15, 0.2) is 42.5 Å². The van der Waals surface area contributed by atoms with Crippen LogP contribution in [-0.2, 0) is 0 Å². The third kappa shape index (κ3) is 3.11. The van der Waals surface area contributed by atoms with E-state index in [4.69, 9.17) is 15.8 Å². The van der Waals surface area contributed by atoms with Gasteiger partial charge in [0.2, 0.25) is 0 Å². The molecule has 0 saturated carbocycles. The molecule has 6 nitrogen and oxygen atoms in total. The molecule has 106 valence electrons. The zero-order chi connectivity index (χ0) is 15.2. The Morgan fingerprint density at radius 3 is 2.67 bits per heavy atom. The minimum Gasteiger partial charge on any atom is -0.495 e. The summed E-state index contributed by atoms with van der Waals surface area (Å²) >= 11 is 0. The highest BCUT2D eigenvalue weighted by atomic mass is 16.5. The number of nitrogen functional groups attached to an aromatic ring is 1. The van der Waals surface area contributed by atoms with Gasteiger partial charge in [-0.3, -0.25) is 10.6 Å². The molecule has 0 radical (unpaired) electrons. The van der Waals surface area contributed by atoms with Gasteiger partial charge in [0, 0.05) is 6.07 Å². The number of carbonyl (C=O) groups is 1. The average molecular weight is 282 g/mol. The summed E-state index contributed by atoms with van der Waals surface area (Å²) in [5, 5.41) is 11.6. The van der Waals surface area contributed by atoms with Crippen LogP contribution in [0, 0.1) is 11.3 Å². The molecule has 0 unspecified atom stereocenters. The lowest BCUT2D eigenvalue weighted by molar-refractivity contribution is 0.102. The van der Waals surface area contributed by atoms with Crippen molar-refractivity contribution >= 4 is 17.3 Å². The van der Waals surface area contributed by atoms with Crippen molar-refractivity contribution in [3.05, 3.63) is 53.6 Å². The molecule has 0 aliphatic carbocycles. The van der Waals surface area contributed by atoms with Gasteiger partial charge in [0.1, 0.15) is 5.75 Å². The summed E-state index contributed by atoms with van der Waals surface area (Å²) < 4.78 is 5.18. The fourth-order valence-electron chi connectivity index (χ4n) is 1.86. The summed E-state index contributed by atoms with van der Waals surface area (Å²) in [7, 11) is 1.47. The molecule has 0 aromatic heterocycles. The van der Waals surface area contributed by atoms with E-state index in [0.29, 0.717) is 28.3 Å². The van der Waals surface area contributed by atoms with Gasteiger partial charge in [0.15, 0.2) is 0 Å². The predicted molar refractivity (Wildman–Crippen MR) is 79.9 cm³/mol. The van der Waals surface area contributed by atoms with Crippen LogP contribution >= 0.6 is 0 Å². The van der Waals surface area contributed by atoms with Crippen molar-refractivity contribution in [1.29, 1.82) is 5.26 Å². The molecule has 21 heavy (non-hydrogen) atoms. The van der Waals surface area contributed by atoms with Crippen molar-refractivity contribution in [2.45, 2.75) is 0 Å². The Kier molecular flexibility index (Phi) is 4.39. The SMILES string of the molecule is COc1cc(C#N)ccc1NC(=O)c1ccccc1NN. The molecule has 0 aliphatic rings. The number of para-hydroxylation sites is 1. The highest BCUT2D eigenvalue weighted by Gasteiger charge is 2.13. The van der Waals surface area contributed by atoms with E-state index in [-0.39, 0.29) is 5.91 Å². The van der Waals surface area contributed by atoms with Crippen molar-refractivity contribution in [2.75, 3.05) is 17.9 Å². The molecule has 4 N–H and O–H groups in total. The maximum Gasteiger partial charge on any atom is 0.257 e. The summed E-state index contributed by atoms with van der Waals surface area (Å²) in [6.07, 6.45) is 0. The van der Waals surface area contributed by atoms with E-state index in [1.807, 2.05) is 6.07 Å². The van der Waals surface area contributed by atoms with Crippen LogP contribution in [0.2, 0.25) is 0 Å². The number of carbonyl (C=O) groups excluding carboxylic acids is 1. The van der Waals surface area contributed by atoms with Crippen molar-refractivity contribution in [3.8, 4) is 11.8 Å². The normalized spacial score (nSPS) is 9.57. The maximum atomic E-state index is 12.3. The van der Waals surface area contributed by atoms with Gasteiger partial charge in [0.25, 0.3) is 5.91 Å². The summed E-state index contributed by atoms with van der Waals surface area (Å²) in [5.41, 5.74) is 4.33. The number of nitrogens with two attached hydrogens (primary N) is 1. The monoisotopic (exact) mass is 282 g/mol. The predicted octanol–water partition coefficient (Wildman–Crippen LogP) is 2.10. The molecule has 0 aliphatic heterocycles. The molecule has 2 rings (SSSR count). The highest BCUT2D eigenvalue weighted by Crippen LogP contribution is 2.26. The van der Waals surface area contributed by atoms with Crippen molar-refractivity contribution < 1.29 is 9.53 Å². The lowest BCUT2D eigenvalue weighted by Crippen LogP contribution is -2.17. The van der Waals surface area contributed by atoms with E-state index >= 15 is 0 Å². The highest BCUT2D eigenvalue weighted by molar-refractivity contribution is 6.08. The topological polar surface area (TPSA) is 100 Å². The third-order valence-corrected chi connectivity index (χ3v) is 2.91. The van der Waals surface area contributed by atoms with Gasteiger partial charge in [-0.1, -0.05) is 12.1 Å². The molecule has 0 spiro atoms. The molecule has 0 bridgehead atoms. The molecule has 0 fully saturated rings. The second kappa shape index (κ2) is 6.41. The van der Waals surface area contributed by atoms with E-state index in [1.54, 1.807) is 42.5 Å². The van der Waals surface area contributed by atoms with Crippen LogP contribution < -0.4 is 21.3 Å². The van der Waals surface area contributed by atoms with E-state index in [2.05, 4.69) is 10.7 Å². The standard InChI is InChI=1S/C15H14N4O2/c1-21-14-8-10(9-16)6-7-13(14)18-15(20)11-4-2-3-5-12(11)19-17/h2-8,19H,17H2,1H3,(H,18,20). The number of rotatable bonds is 4. The number of ether oxygens (including phenoxy) is 1. The first-order valence-corrected chi connectivity index (χ1v) is 6.14. The molecule has 0 saturated heterocycles.